The van der Waals surface area contributed by atoms with E-state index in [1.165, 1.54) is 6.42 Å². The van der Waals surface area contributed by atoms with Crippen LogP contribution in [0.15, 0.2) is 24.3 Å². The van der Waals surface area contributed by atoms with E-state index in [-0.39, 0.29) is 25.2 Å². The third-order valence-electron chi connectivity index (χ3n) is 4.91. The molecule has 1 fully saturated rings. The summed E-state index contributed by atoms with van der Waals surface area (Å²) in [5.41, 5.74) is 0. The topological polar surface area (TPSA) is 73.9 Å². The molecule has 1 aliphatic rings. The summed E-state index contributed by atoms with van der Waals surface area (Å²) in [5.74, 6) is 1.22. The molecule has 1 N–H and O–H groups in total. The van der Waals surface area contributed by atoms with Gasteiger partial charge in [-0.15, -0.1) is 0 Å². The second-order valence-corrected chi connectivity index (χ2v) is 6.77. The summed E-state index contributed by atoms with van der Waals surface area (Å²) in [7, 11) is 0. The van der Waals surface area contributed by atoms with E-state index in [1.54, 1.807) is 18.2 Å². The number of amides is 1. The van der Waals surface area contributed by atoms with Gasteiger partial charge in [0.05, 0.1) is 6.61 Å². The smallest absolute Gasteiger partial charge is 0.344 e. The summed E-state index contributed by atoms with van der Waals surface area (Å²) in [4.78, 5) is 23.9. The first-order valence-corrected chi connectivity index (χ1v) is 9.30. The second-order valence-electron chi connectivity index (χ2n) is 6.77. The lowest BCUT2D eigenvalue weighted by molar-refractivity contribution is -0.150. The molecule has 0 aromatic heterocycles. The Hall–Kier alpha value is -2.24. The average molecular weight is 363 g/mol. The Bertz CT molecular complexity index is 604. The van der Waals surface area contributed by atoms with Gasteiger partial charge in [-0.3, -0.25) is 4.79 Å². The molecule has 6 nitrogen and oxygen atoms in total. The molecule has 0 radical (unpaired) electrons. The van der Waals surface area contributed by atoms with Crippen molar-refractivity contribution in [3.05, 3.63) is 24.3 Å². The molecular weight excluding hydrogens is 334 g/mol. The number of hydrogen-bond donors (Lipinski definition) is 1. The van der Waals surface area contributed by atoms with E-state index in [0.29, 0.717) is 29.9 Å². The van der Waals surface area contributed by atoms with E-state index in [0.717, 1.165) is 12.8 Å². The number of rotatable bonds is 8. The highest BCUT2D eigenvalue weighted by Crippen LogP contribution is 2.29. The second kappa shape index (κ2) is 10.0. The highest BCUT2D eigenvalue weighted by Gasteiger charge is 2.28. The molecule has 0 spiro atoms. The average Bonchev–Trinajstić information content (AvgIpc) is 2.63. The lowest BCUT2D eigenvalue weighted by atomic mass is 9.78. The van der Waals surface area contributed by atoms with Crippen LogP contribution in [0.25, 0.3) is 0 Å². The number of ether oxygens (including phenoxy) is 3. The minimum absolute atomic E-state index is 0.152. The van der Waals surface area contributed by atoms with E-state index < -0.39 is 5.97 Å². The van der Waals surface area contributed by atoms with Gasteiger partial charge in [0.2, 0.25) is 0 Å². The largest absolute Gasteiger partial charge is 0.490 e. The Morgan fingerprint density at radius 2 is 1.77 bits per heavy atom. The van der Waals surface area contributed by atoms with Crippen LogP contribution in [0.1, 0.15) is 40.0 Å². The van der Waals surface area contributed by atoms with Gasteiger partial charge < -0.3 is 19.5 Å². The van der Waals surface area contributed by atoms with Crippen LogP contribution >= 0.6 is 0 Å². The third-order valence-corrected chi connectivity index (χ3v) is 4.91. The molecule has 6 heteroatoms. The predicted molar refractivity (Wildman–Crippen MR) is 98.2 cm³/mol. The molecule has 1 aromatic rings. The normalized spacial score (nSPS) is 22.3. The number of benzene rings is 1. The molecule has 3 atom stereocenters. The van der Waals surface area contributed by atoms with E-state index in [1.807, 2.05) is 13.0 Å². The number of carbonyl (C=O) groups excluding carboxylic acids is 2. The summed E-state index contributed by atoms with van der Waals surface area (Å²) in [5, 5.41) is 2.98. The van der Waals surface area contributed by atoms with E-state index in [2.05, 4.69) is 19.2 Å². The van der Waals surface area contributed by atoms with Crippen LogP contribution in [0.4, 0.5) is 0 Å². The van der Waals surface area contributed by atoms with Crippen LogP contribution in [0.5, 0.6) is 11.5 Å². The van der Waals surface area contributed by atoms with Crippen molar-refractivity contribution in [1.82, 2.24) is 5.32 Å². The number of esters is 1. The maximum absolute atomic E-state index is 12.0. The van der Waals surface area contributed by atoms with Crippen molar-refractivity contribution in [3.63, 3.8) is 0 Å². The number of hydrogen-bond acceptors (Lipinski definition) is 5. The molecule has 144 valence electrons. The number of nitrogens with one attached hydrogen (secondary N) is 1. The molecule has 0 aliphatic heterocycles. The Labute approximate surface area is 155 Å². The number of carbonyl (C=O) groups is 2. The molecule has 26 heavy (non-hydrogen) atoms. The van der Waals surface area contributed by atoms with Gasteiger partial charge in [0.15, 0.2) is 24.7 Å². The van der Waals surface area contributed by atoms with Gasteiger partial charge in [-0.25, -0.2) is 4.79 Å². The molecule has 1 saturated carbocycles. The third kappa shape index (κ3) is 5.93. The van der Waals surface area contributed by atoms with Crippen molar-refractivity contribution < 1.29 is 23.8 Å². The van der Waals surface area contributed by atoms with E-state index in [9.17, 15) is 9.59 Å². The zero-order chi connectivity index (χ0) is 18.9. The fourth-order valence-electron chi connectivity index (χ4n) is 3.20. The van der Waals surface area contributed by atoms with Crippen molar-refractivity contribution in [2.24, 2.45) is 11.8 Å². The van der Waals surface area contributed by atoms with Crippen molar-refractivity contribution >= 4 is 11.9 Å². The Morgan fingerprint density at radius 1 is 1.08 bits per heavy atom. The summed E-state index contributed by atoms with van der Waals surface area (Å²) in [6.45, 7) is 6.19. The van der Waals surface area contributed by atoms with Crippen LogP contribution in [0.2, 0.25) is 0 Å². The highest BCUT2D eigenvalue weighted by molar-refractivity contribution is 5.81. The summed E-state index contributed by atoms with van der Waals surface area (Å²) in [6.07, 6.45) is 3.29. The first-order chi connectivity index (χ1) is 12.5. The maximum Gasteiger partial charge on any atom is 0.344 e. The first-order valence-electron chi connectivity index (χ1n) is 9.30. The molecule has 0 saturated heterocycles. The van der Waals surface area contributed by atoms with Gasteiger partial charge in [-0.2, -0.15) is 0 Å². The van der Waals surface area contributed by atoms with Gasteiger partial charge in [-0.1, -0.05) is 38.8 Å². The molecule has 1 aromatic carbocycles. The quantitative estimate of drug-likeness (QED) is 0.719. The van der Waals surface area contributed by atoms with Gasteiger partial charge in [-0.05, 0) is 37.3 Å². The van der Waals surface area contributed by atoms with Crippen molar-refractivity contribution in [1.29, 1.82) is 0 Å². The maximum atomic E-state index is 12.0. The lowest BCUT2D eigenvalue weighted by Crippen LogP contribution is -2.45. The molecule has 0 heterocycles. The zero-order valence-electron chi connectivity index (χ0n) is 15.8. The fourth-order valence-corrected chi connectivity index (χ4v) is 3.20. The Balaban J connectivity index is 1.72. The van der Waals surface area contributed by atoms with Crippen molar-refractivity contribution in [3.8, 4) is 11.5 Å². The molecule has 2 rings (SSSR count). The minimum Gasteiger partial charge on any atom is -0.490 e. The van der Waals surface area contributed by atoms with Gasteiger partial charge in [0.25, 0.3) is 5.91 Å². The predicted octanol–water partition coefficient (Wildman–Crippen LogP) is 2.95. The highest BCUT2D eigenvalue weighted by atomic mass is 16.6. The molecule has 0 bridgehead atoms. The Kier molecular flexibility index (Phi) is 7.75. The molecule has 1 aliphatic carbocycles. The van der Waals surface area contributed by atoms with Crippen molar-refractivity contribution in [2.45, 2.75) is 46.1 Å². The minimum atomic E-state index is -0.587. The lowest BCUT2D eigenvalue weighted by Gasteiger charge is -2.34. The number of para-hydroxylation sites is 2. The van der Waals surface area contributed by atoms with Gasteiger partial charge >= 0.3 is 5.97 Å². The SMILES string of the molecule is CCOc1ccccc1OCC(=O)OCC(=O)N[C@@H]1CCC[C@@H](C)[C@H]1C. The van der Waals surface area contributed by atoms with Gasteiger partial charge in [0, 0.05) is 6.04 Å². The fraction of sp³-hybridized carbons (Fsp3) is 0.600. The van der Waals surface area contributed by atoms with E-state index >= 15 is 0 Å². The monoisotopic (exact) mass is 363 g/mol. The van der Waals surface area contributed by atoms with Crippen LogP contribution in [0.3, 0.4) is 0 Å². The molecule has 1 amide bonds. The standard InChI is InChI=1S/C20H29NO5/c1-4-24-17-10-5-6-11-18(17)25-13-20(23)26-12-19(22)21-16-9-7-8-14(2)15(16)3/h5-6,10-11,14-16H,4,7-9,12-13H2,1-3H3,(H,21,22)/t14-,15-,16-/m1/s1. The molecular formula is C20H29NO5. The summed E-state index contributed by atoms with van der Waals surface area (Å²) in [6, 6.07) is 7.26. The van der Waals surface area contributed by atoms with E-state index in [4.69, 9.17) is 14.2 Å². The Morgan fingerprint density at radius 3 is 2.46 bits per heavy atom. The first kappa shape index (κ1) is 20.1. The molecule has 0 unspecified atom stereocenters. The summed E-state index contributed by atoms with van der Waals surface area (Å²) >= 11 is 0. The van der Waals surface area contributed by atoms with Crippen LogP contribution in [-0.4, -0.2) is 37.7 Å². The van der Waals surface area contributed by atoms with Crippen LogP contribution in [0, 0.1) is 11.8 Å². The van der Waals surface area contributed by atoms with Gasteiger partial charge in [0.1, 0.15) is 0 Å². The van der Waals surface area contributed by atoms with Crippen LogP contribution < -0.4 is 14.8 Å². The summed E-state index contributed by atoms with van der Waals surface area (Å²) < 4.78 is 15.9. The van der Waals surface area contributed by atoms with Crippen LogP contribution in [-0.2, 0) is 14.3 Å². The zero-order valence-corrected chi connectivity index (χ0v) is 15.8. The van der Waals surface area contributed by atoms with Crippen molar-refractivity contribution in [2.75, 3.05) is 19.8 Å².